The summed E-state index contributed by atoms with van der Waals surface area (Å²) in [6.07, 6.45) is 0. The summed E-state index contributed by atoms with van der Waals surface area (Å²) in [5.41, 5.74) is 0.788. The monoisotopic (exact) mass is 340 g/mol. The largest absolute Gasteiger partial charge is 0.462 e. The first-order valence-corrected chi connectivity index (χ1v) is 8.39. The third kappa shape index (κ3) is 4.31. The van der Waals surface area contributed by atoms with Gasteiger partial charge in [-0.3, -0.25) is 9.89 Å². The molecular formula is C13H16N4O3S2. The summed E-state index contributed by atoms with van der Waals surface area (Å²) in [6.45, 7) is 5.68. The number of aromatic nitrogens is 3. The maximum Gasteiger partial charge on any atom is 0.348 e. The molecule has 22 heavy (non-hydrogen) atoms. The van der Waals surface area contributed by atoms with Crippen molar-refractivity contribution in [3.63, 3.8) is 0 Å². The topological polar surface area (TPSA) is 97.0 Å². The predicted molar refractivity (Wildman–Crippen MR) is 85.5 cm³/mol. The highest BCUT2D eigenvalue weighted by Crippen LogP contribution is 2.27. The van der Waals surface area contributed by atoms with Crippen molar-refractivity contribution >= 4 is 40.0 Å². The second-order valence-electron chi connectivity index (χ2n) is 4.38. The molecule has 0 aliphatic heterocycles. The fraction of sp³-hybridized carbons (Fsp3) is 0.385. The van der Waals surface area contributed by atoms with E-state index in [4.69, 9.17) is 4.74 Å². The summed E-state index contributed by atoms with van der Waals surface area (Å²) in [5.74, 6) is 0.360. The van der Waals surface area contributed by atoms with Crippen LogP contribution in [0.2, 0.25) is 0 Å². The number of H-pyrrole nitrogens is 1. The number of rotatable bonds is 6. The van der Waals surface area contributed by atoms with E-state index >= 15 is 0 Å². The maximum atomic E-state index is 11.9. The molecule has 0 unspecified atom stereocenters. The molecule has 2 N–H and O–H groups in total. The first kappa shape index (κ1) is 16.5. The zero-order chi connectivity index (χ0) is 16.1. The highest BCUT2D eigenvalue weighted by Gasteiger charge is 2.16. The summed E-state index contributed by atoms with van der Waals surface area (Å²) in [6, 6.07) is 1.76. The van der Waals surface area contributed by atoms with E-state index in [-0.39, 0.29) is 17.6 Å². The summed E-state index contributed by atoms with van der Waals surface area (Å²) >= 11 is 2.45. The Hall–Kier alpha value is -1.87. The van der Waals surface area contributed by atoms with Gasteiger partial charge >= 0.3 is 5.97 Å². The van der Waals surface area contributed by atoms with E-state index in [9.17, 15) is 9.59 Å². The SMILES string of the molecule is CCOC(=O)c1sc(NC(=O)CSc2n[nH]c(C)n2)cc1C. The molecule has 0 saturated carbocycles. The van der Waals surface area contributed by atoms with Crippen molar-refractivity contribution in [1.82, 2.24) is 15.2 Å². The third-order valence-electron chi connectivity index (χ3n) is 2.55. The van der Waals surface area contributed by atoms with Gasteiger partial charge in [0.05, 0.1) is 17.4 Å². The molecule has 0 radical (unpaired) electrons. The Morgan fingerprint density at radius 2 is 2.23 bits per heavy atom. The van der Waals surface area contributed by atoms with Crippen LogP contribution in [0, 0.1) is 13.8 Å². The Labute approximate surface area is 135 Å². The number of aromatic amines is 1. The number of ether oxygens (including phenoxy) is 1. The molecule has 0 spiro atoms. The number of hydrogen-bond donors (Lipinski definition) is 2. The van der Waals surface area contributed by atoms with E-state index in [0.29, 0.717) is 27.5 Å². The molecule has 2 rings (SSSR count). The minimum atomic E-state index is -0.365. The van der Waals surface area contributed by atoms with E-state index in [1.165, 1.54) is 23.1 Å². The molecule has 7 nitrogen and oxygen atoms in total. The van der Waals surface area contributed by atoms with Crippen LogP contribution in [0.3, 0.4) is 0 Å². The van der Waals surface area contributed by atoms with E-state index in [2.05, 4.69) is 20.5 Å². The highest BCUT2D eigenvalue weighted by molar-refractivity contribution is 7.99. The van der Waals surface area contributed by atoms with Crippen molar-refractivity contribution in [3.8, 4) is 0 Å². The number of thiophene rings is 1. The van der Waals surface area contributed by atoms with Crippen LogP contribution in [0.4, 0.5) is 5.00 Å². The molecule has 0 aliphatic carbocycles. The quantitative estimate of drug-likeness (QED) is 0.619. The van der Waals surface area contributed by atoms with Gasteiger partial charge in [-0.2, -0.15) is 0 Å². The van der Waals surface area contributed by atoms with Crippen molar-refractivity contribution < 1.29 is 14.3 Å². The Bertz CT molecular complexity index is 681. The molecular weight excluding hydrogens is 324 g/mol. The number of anilines is 1. The summed E-state index contributed by atoms with van der Waals surface area (Å²) in [7, 11) is 0. The zero-order valence-electron chi connectivity index (χ0n) is 12.4. The fourth-order valence-electron chi connectivity index (χ4n) is 1.63. The van der Waals surface area contributed by atoms with E-state index < -0.39 is 0 Å². The molecule has 2 aromatic heterocycles. The lowest BCUT2D eigenvalue weighted by molar-refractivity contribution is -0.113. The Morgan fingerprint density at radius 1 is 1.45 bits per heavy atom. The van der Waals surface area contributed by atoms with Crippen molar-refractivity contribution in [3.05, 3.63) is 22.3 Å². The summed E-state index contributed by atoms with van der Waals surface area (Å²) in [4.78, 5) is 28.2. The van der Waals surface area contributed by atoms with Crippen LogP contribution in [0.25, 0.3) is 0 Å². The van der Waals surface area contributed by atoms with E-state index in [1.807, 2.05) is 6.92 Å². The average molecular weight is 340 g/mol. The Balaban J connectivity index is 1.91. The molecule has 0 fully saturated rings. The molecule has 118 valence electrons. The third-order valence-corrected chi connectivity index (χ3v) is 4.53. The van der Waals surface area contributed by atoms with Gasteiger partial charge in [0, 0.05) is 0 Å². The molecule has 0 saturated heterocycles. The van der Waals surface area contributed by atoms with Crippen LogP contribution in [0.5, 0.6) is 0 Å². The number of nitrogens with one attached hydrogen (secondary N) is 2. The van der Waals surface area contributed by atoms with Gasteiger partial charge in [0.2, 0.25) is 11.1 Å². The van der Waals surface area contributed by atoms with Crippen LogP contribution >= 0.6 is 23.1 Å². The second kappa shape index (κ2) is 7.41. The lowest BCUT2D eigenvalue weighted by Gasteiger charge is -2.00. The van der Waals surface area contributed by atoms with Crippen molar-refractivity contribution in [2.75, 3.05) is 17.7 Å². The summed E-state index contributed by atoms with van der Waals surface area (Å²) in [5, 5.41) is 10.6. The van der Waals surface area contributed by atoms with Crippen LogP contribution < -0.4 is 5.32 Å². The van der Waals surface area contributed by atoms with Gasteiger partial charge in [0.1, 0.15) is 10.7 Å². The first-order chi connectivity index (χ1) is 10.5. The zero-order valence-corrected chi connectivity index (χ0v) is 14.1. The lowest BCUT2D eigenvalue weighted by Crippen LogP contribution is -2.13. The molecule has 0 atom stereocenters. The van der Waals surface area contributed by atoms with Crippen LogP contribution in [-0.2, 0) is 9.53 Å². The van der Waals surface area contributed by atoms with Gasteiger partial charge in [-0.15, -0.1) is 16.4 Å². The summed E-state index contributed by atoms with van der Waals surface area (Å²) < 4.78 is 4.97. The molecule has 0 aromatic carbocycles. The molecule has 0 aliphatic rings. The van der Waals surface area contributed by atoms with Gasteiger partial charge < -0.3 is 10.1 Å². The molecule has 2 aromatic rings. The maximum absolute atomic E-state index is 11.9. The highest BCUT2D eigenvalue weighted by atomic mass is 32.2. The van der Waals surface area contributed by atoms with Gasteiger partial charge in [0.15, 0.2) is 0 Å². The van der Waals surface area contributed by atoms with Crippen LogP contribution in [-0.4, -0.2) is 39.4 Å². The molecule has 9 heteroatoms. The van der Waals surface area contributed by atoms with Gasteiger partial charge in [-0.25, -0.2) is 9.78 Å². The predicted octanol–water partition coefficient (Wildman–Crippen LogP) is 2.39. The van der Waals surface area contributed by atoms with Gasteiger partial charge in [0.25, 0.3) is 0 Å². The number of carbonyl (C=O) groups is 2. The minimum Gasteiger partial charge on any atom is -0.462 e. The smallest absolute Gasteiger partial charge is 0.348 e. The van der Waals surface area contributed by atoms with E-state index in [1.54, 1.807) is 19.9 Å². The minimum absolute atomic E-state index is 0.177. The molecule has 0 bridgehead atoms. The first-order valence-electron chi connectivity index (χ1n) is 6.58. The van der Waals surface area contributed by atoms with Crippen molar-refractivity contribution in [2.24, 2.45) is 0 Å². The lowest BCUT2D eigenvalue weighted by atomic mass is 10.3. The fourth-order valence-corrected chi connectivity index (χ4v) is 3.26. The average Bonchev–Trinajstić information content (AvgIpc) is 3.03. The number of amides is 1. The molecule has 2 heterocycles. The van der Waals surface area contributed by atoms with Crippen LogP contribution in [0.15, 0.2) is 11.2 Å². The van der Waals surface area contributed by atoms with Crippen molar-refractivity contribution in [2.45, 2.75) is 25.9 Å². The Kier molecular flexibility index (Phi) is 5.56. The number of aryl methyl sites for hydroxylation is 2. The van der Waals surface area contributed by atoms with Gasteiger partial charge in [-0.05, 0) is 32.4 Å². The number of nitrogens with zero attached hydrogens (tertiary/aromatic N) is 2. The van der Waals surface area contributed by atoms with Crippen LogP contribution in [0.1, 0.15) is 28.0 Å². The number of esters is 1. The Morgan fingerprint density at radius 3 is 2.86 bits per heavy atom. The van der Waals surface area contributed by atoms with Crippen molar-refractivity contribution in [1.29, 1.82) is 0 Å². The van der Waals surface area contributed by atoms with Gasteiger partial charge in [-0.1, -0.05) is 11.8 Å². The number of hydrogen-bond acceptors (Lipinski definition) is 7. The standard InChI is InChI=1S/C13H16N4O3S2/c1-4-20-12(19)11-7(2)5-10(22-11)15-9(18)6-21-13-14-8(3)16-17-13/h5H,4,6H2,1-3H3,(H,15,18)(H,14,16,17). The molecule has 1 amide bonds. The normalized spacial score (nSPS) is 10.5. The second-order valence-corrected chi connectivity index (χ2v) is 6.38. The number of thioether (sulfide) groups is 1. The van der Waals surface area contributed by atoms with E-state index in [0.717, 1.165) is 5.56 Å². The number of carbonyl (C=O) groups excluding carboxylic acids is 2.